The summed E-state index contributed by atoms with van der Waals surface area (Å²) in [6.07, 6.45) is 9.94. The molecule has 4 heterocycles. The number of esters is 1. The lowest BCUT2D eigenvalue weighted by Crippen LogP contribution is -2.86. The standard InChI is InChI=1S/C22H31NO3/c1-13-11-23-17-14(13)4-7-20-12-26-16(24)5-8-21(17,20)15-3-2-6-19(15)9-10-22(20,25)18(19)23/h13-15,17-18,25H,2-12H2,1H3/t13-,14-,15-,17+,18?,19-,20+,21+,22?/m1/s1. The van der Waals surface area contributed by atoms with Gasteiger partial charge in [-0.25, -0.2) is 0 Å². The highest BCUT2D eigenvalue weighted by Crippen LogP contribution is 2.85. The fraction of sp³-hybridized carbons (Fsp3) is 0.955. The van der Waals surface area contributed by atoms with Crippen molar-refractivity contribution in [2.75, 3.05) is 13.2 Å². The van der Waals surface area contributed by atoms with Crippen molar-refractivity contribution in [1.29, 1.82) is 0 Å². The maximum atomic E-state index is 12.4. The average Bonchev–Trinajstić information content (AvgIpc) is 3.24. The highest BCUT2D eigenvalue weighted by Gasteiger charge is 2.89. The normalized spacial score (nSPS) is 64.8. The summed E-state index contributed by atoms with van der Waals surface area (Å²) in [7, 11) is 0. The lowest BCUT2D eigenvalue weighted by atomic mass is 9.32. The van der Waals surface area contributed by atoms with E-state index in [0.29, 0.717) is 36.4 Å². The number of aliphatic hydroxyl groups is 1. The van der Waals surface area contributed by atoms with Crippen LogP contribution in [0.15, 0.2) is 0 Å². The van der Waals surface area contributed by atoms with Crippen LogP contribution in [0.1, 0.15) is 64.7 Å². The van der Waals surface area contributed by atoms with Crippen molar-refractivity contribution < 1.29 is 14.6 Å². The van der Waals surface area contributed by atoms with Crippen molar-refractivity contribution in [3.05, 3.63) is 0 Å². The summed E-state index contributed by atoms with van der Waals surface area (Å²) < 4.78 is 5.86. The molecule has 2 spiro atoms. The Morgan fingerprint density at radius 1 is 1.15 bits per heavy atom. The maximum absolute atomic E-state index is 12.4. The predicted octanol–water partition coefficient (Wildman–Crippen LogP) is 2.73. The molecular weight excluding hydrogens is 326 g/mol. The monoisotopic (exact) mass is 357 g/mol. The summed E-state index contributed by atoms with van der Waals surface area (Å²) in [6, 6.07) is 0.930. The molecular formula is C22H31NO3. The second-order valence-corrected chi connectivity index (χ2v) is 11.1. The molecule has 142 valence electrons. The fourth-order valence-corrected chi connectivity index (χ4v) is 10.9. The summed E-state index contributed by atoms with van der Waals surface area (Å²) in [5, 5.41) is 12.4. The van der Waals surface area contributed by atoms with E-state index in [1.165, 1.54) is 38.6 Å². The van der Waals surface area contributed by atoms with Crippen LogP contribution in [0.25, 0.3) is 0 Å². The first-order valence-electron chi connectivity index (χ1n) is 11.1. The average molecular weight is 357 g/mol. The molecule has 9 atom stereocenters. The van der Waals surface area contributed by atoms with Gasteiger partial charge in [0.25, 0.3) is 0 Å². The van der Waals surface area contributed by atoms with Crippen LogP contribution in [0.3, 0.4) is 0 Å². The lowest BCUT2D eigenvalue weighted by Gasteiger charge is -2.78. The predicted molar refractivity (Wildman–Crippen MR) is 95.2 cm³/mol. The molecule has 0 amide bonds. The number of cyclic esters (lactones) is 1. The van der Waals surface area contributed by atoms with E-state index in [0.717, 1.165) is 31.1 Å². The number of hydrogen-bond acceptors (Lipinski definition) is 4. The third-order valence-corrected chi connectivity index (χ3v) is 11.1. The topological polar surface area (TPSA) is 49.8 Å². The minimum absolute atomic E-state index is 0.0147. The molecule has 2 unspecified atom stereocenters. The van der Waals surface area contributed by atoms with Gasteiger partial charge < -0.3 is 9.84 Å². The highest BCUT2D eigenvalue weighted by atomic mass is 16.5. The van der Waals surface area contributed by atoms with Crippen LogP contribution in [-0.2, 0) is 9.53 Å². The van der Waals surface area contributed by atoms with Gasteiger partial charge in [-0.3, -0.25) is 9.69 Å². The van der Waals surface area contributed by atoms with Crippen LogP contribution in [0.4, 0.5) is 0 Å². The first-order chi connectivity index (χ1) is 12.5. The zero-order chi connectivity index (χ0) is 17.5. The molecule has 8 rings (SSSR count). The quantitative estimate of drug-likeness (QED) is 0.677. The Morgan fingerprint density at radius 3 is 2.92 bits per heavy atom. The smallest absolute Gasteiger partial charge is 0.305 e. The number of nitrogens with zero attached hydrogens (tertiary/aromatic N) is 1. The Morgan fingerprint density at radius 2 is 2.04 bits per heavy atom. The van der Waals surface area contributed by atoms with Gasteiger partial charge in [-0.05, 0) is 68.1 Å². The van der Waals surface area contributed by atoms with E-state index in [1.807, 2.05) is 0 Å². The van der Waals surface area contributed by atoms with E-state index in [2.05, 4.69) is 11.8 Å². The second-order valence-electron chi connectivity index (χ2n) is 11.1. The van der Waals surface area contributed by atoms with Crippen molar-refractivity contribution in [3.8, 4) is 0 Å². The van der Waals surface area contributed by atoms with E-state index in [9.17, 15) is 9.90 Å². The molecule has 0 aromatic carbocycles. The molecule has 4 aliphatic carbocycles. The van der Waals surface area contributed by atoms with Crippen LogP contribution in [0, 0.1) is 34.0 Å². The number of rotatable bonds is 0. The number of carbonyl (C=O) groups excluding carboxylic acids is 1. The molecule has 8 fully saturated rings. The Hall–Kier alpha value is -0.610. The third kappa shape index (κ3) is 1.19. The first-order valence-corrected chi connectivity index (χ1v) is 11.1. The highest BCUT2D eigenvalue weighted by molar-refractivity contribution is 5.70. The van der Waals surface area contributed by atoms with E-state index < -0.39 is 5.60 Å². The molecule has 6 bridgehead atoms. The van der Waals surface area contributed by atoms with E-state index in [-0.39, 0.29) is 16.8 Å². The van der Waals surface area contributed by atoms with Crippen LogP contribution >= 0.6 is 0 Å². The SMILES string of the molecule is C[C@@H]1CN2C3C4(O)CC[C@@]35CCC[C@H]5[C@]35CCC(=O)OC[C@]43CC[C@H]1[C@H]25. The summed E-state index contributed by atoms with van der Waals surface area (Å²) in [5.74, 6) is 2.19. The second kappa shape index (κ2) is 4.20. The molecule has 0 radical (unpaired) electrons. The van der Waals surface area contributed by atoms with Crippen molar-refractivity contribution >= 4 is 5.97 Å². The minimum Gasteiger partial charge on any atom is -0.465 e. The molecule has 4 heteroatoms. The Bertz CT molecular complexity index is 724. The van der Waals surface area contributed by atoms with Gasteiger partial charge in [0.05, 0.1) is 5.60 Å². The Labute approximate surface area is 155 Å². The molecule has 4 aliphatic heterocycles. The number of hydrogen-bond donors (Lipinski definition) is 1. The lowest BCUT2D eigenvalue weighted by molar-refractivity contribution is -0.346. The zero-order valence-corrected chi connectivity index (χ0v) is 15.9. The first kappa shape index (κ1) is 15.3. The Kier molecular flexibility index (Phi) is 2.47. The fourth-order valence-electron chi connectivity index (χ4n) is 10.9. The molecule has 4 saturated carbocycles. The summed E-state index contributed by atoms with van der Waals surface area (Å²) >= 11 is 0. The molecule has 26 heavy (non-hydrogen) atoms. The van der Waals surface area contributed by atoms with Crippen molar-refractivity contribution in [3.63, 3.8) is 0 Å². The molecule has 4 nitrogen and oxygen atoms in total. The number of ether oxygens (including phenoxy) is 1. The van der Waals surface area contributed by atoms with E-state index in [1.54, 1.807) is 0 Å². The van der Waals surface area contributed by atoms with Gasteiger partial charge in [0.1, 0.15) is 6.61 Å². The van der Waals surface area contributed by atoms with Gasteiger partial charge in [-0.2, -0.15) is 0 Å². The van der Waals surface area contributed by atoms with Gasteiger partial charge in [0.2, 0.25) is 0 Å². The van der Waals surface area contributed by atoms with Crippen LogP contribution < -0.4 is 0 Å². The van der Waals surface area contributed by atoms with E-state index in [4.69, 9.17) is 4.74 Å². The summed E-state index contributed by atoms with van der Waals surface area (Å²) in [5.41, 5.74) is -0.366. The van der Waals surface area contributed by atoms with Crippen LogP contribution in [-0.4, -0.2) is 46.8 Å². The summed E-state index contributed by atoms with van der Waals surface area (Å²) in [6.45, 7) is 4.12. The van der Waals surface area contributed by atoms with E-state index >= 15 is 0 Å². The third-order valence-electron chi connectivity index (χ3n) is 11.1. The van der Waals surface area contributed by atoms with Crippen LogP contribution in [0.2, 0.25) is 0 Å². The maximum Gasteiger partial charge on any atom is 0.305 e. The molecule has 4 saturated heterocycles. The zero-order valence-electron chi connectivity index (χ0n) is 15.9. The minimum atomic E-state index is -0.635. The Balaban J connectivity index is 1.57. The number of piperidine rings is 2. The van der Waals surface area contributed by atoms with Gasteiger partial charge >= 0.3 is 5.97 Å². The molecule has 1 N–H and O–H groups in total. The largest absolute Gasteiger partial charge is 0.465 e. The van der Waals surface area contributed by atoms with Gasteiger partial charge in [0.15, 0.2) is 0 Å². The van der Waals surface area contributed by atoms with Crippen molar-refractivity contribution in [2.24, 2.45) is 34.0 Å². The van der Waals surface area contributed by atoms with Crippen LogP contribution in [0.5, 0.6) is 0 Å². The van der Waals surface area contributed by atoms with Crippen molar-refractivity contribution in [1.82, 2.24) is 4.90 Å². The van der Waals surface area contributed by atoms with Crippen molar-refractivity contribution in [2.45, 2.75) is 82.4 Å². The molecule has 0 aromatic rings. The number of carbonyl (C=O) groups is 1. The molecule has 0 aromatic heterocycles. The van der Waals surface area contributed by atoms with Gasteiger partial charge in [-0.15, -0.1) is 0 Å². The van der Waals surface area contributed by atoms with Gasteiger partial charge in [0, 0.05) is 35.9 Å². The molecule has 8 aliphatic rings. The van der Waals surface area contributed by atoms with Gasteiger partial charge in [-0.1, -0.05) is 13.3 Å². The summed E-state index contributed by atoms with van der Waals surface area (Å²) in [4.78, 5) is 15.2.